The van der Waals surface area contributed by atoms with E-state index in [2.05, 4.69) is 10.6 Å². The number of alkyl halides is 2. The Morgan fingerprint density at radius 1 is 1.02 bits per heavy atom. The van der Waals surface area contributed by atoms with Crippen LogP contribution in [0.25, 0.3) is 22.0 Å². The van der Waals surface area contributed by atoms with Gasteiger partial charge < -0.3 is 25.1 Å². The Bertz CT molecular complexity index is 2100. The van der Waals surface area contributed by atoms with Crippen molar-refractivity contribution in [1.29, 1.82) is 0 Å². The number of nitrogens with two attached hydrogens (primary N) is 1. The SMILES string of the molecule is CC(OCCOc1cccc2c1C(=O)N(C1CCC(=O)NC1=O)C2=O)C(=O)Nc1ccc2c(-c3cccc(C(N)=S)c3)cn(CC(CF)CF)c2c1. The lowest BCUT2D eigenvalue weighted by Crippen LogP contribution is -2.54. The minimum atomic E-state index is -1.11. The van der Waals surface area contributed by atoms with Gasteiger partial charge in [-0.25, -0.2) is 0 Å². The third-order valence-corrected chi connectivity index (χ3v) is 9.24. The third kappa shape index (κ3) is 7.27. The summed E-state index contributed by atoms with van der Waals surface area (Å²) in [5.41, 5.74) is 9.31. The van der Waals surface area contributed by atoms with Crippen molar-refractivity contribution in [3.63, 3.8) is 0 Å². The van der Waals surface area contributed by atoms with Crippen LogP contribution in [0.4, 0.5) is 14.5 Å². The van der Waals surface area contributed by atoms with Gasteiger partial charge in [0.1, 0.15) is 29.5 Å². The van der Waals surface area contributed by atoms with Crippen molar-refractivity contribution in [2.45, 2.75) is 38.5 Å². The average Bonchev–Trinajstić information content (AvgIpc) is 3.62. The predicted molar refractivity (Wildman–Crippen MR) is 191 cm³/mol. The predicted octanol–water partition coefficient (Wildman–Crippen LogP) is 4.32. The van der Waals surface area contributed by atoms with Crippen LogP contribution >= 0.6 is 12.2 Å². The molecule has 6 rings (SSSR count). The highest BCUT2D eigenvalue weighted by Crippen LogP contribution is 2.35. The van der Waals surface area contributed by atoms with Crippen LogP contribution in [0.5, 0.6) is 5.75 Å². The maximum atomic E-state index is 13.6. The molecule has 4 N–H and O–H groups in total. The number of amides is 5. The number of rotatable bonds is 14. The number of ether oxygens (including phenoxy) is 2. The smallest absolute Gasteiger partial charge is 0.266 e. The first kappa shape index (κ1) is 36.3. The summed E-state index contributed by atoms with van der Waals surface area (Å²) in [5, 5.41) is 5.78. The number of hydrogen-bond donors (Lipinski definition) is 3. The second-order valence-corrected chi connectivity index (χ2v) is 13.0. The molecule has 2 unspecified atom stereocenters. The summed E-state index contributed by atoms with van der Waals surface area (Å²) in [6.07, 6.45) is 0.914. The minimum Gasteiger partial charge on any atom is -0.490 e. The maximum absolute atomic E-state index is 13.6. The molecule has 2 aliphatic rings. The highest BCUT2D eigenvalue weighted by molar-refractivity contribution is 7.80. The van der Waals surface area contributed by atoms with Gasteiger partial charge in [-0.1, -0.05) is 42.5 Å². The molecule has 0 spiro atoms. The standard InChI is InChI=1S/C37H35F2N5O7S/c1-20(50-12-13-51-30-7-3-6-26-32(30)37(49)44(36(26)48)28-10-11-31(45)42-35(28)47)34(46)41-24-8-9-25-27(22-4-2-5-23(14-22)33(40)52)19-43(29(25)15-24)18-21(16-38)17-39/h2-9,14-15,19-21,28H,10-13,16-18H2,1H3,(H2,40,52)(H,41,46)(H,42,45,47). The first-order chi connectivity index (χ1) is 25.0. The van der Waals surface area contributed by atoms with Gasteiger partial charge in [0, 0.05) is 47.3 Å². The summed E-state index contributed by atoms with van der Waals surface area (Å²) in [7, 11) is 0. The number of benzene rings is 3. The number of carbonyl (C=O) groups is 5. The van der Waals surface area contributed by atoms with Gasteiger partial charge in [-0.15, -0.1) is 0 Å². The van der Waals surface area contributed by atoms with Gasteiger partial charge in [-0.05, 0) is 49.2 Å². The first-order valence-electron chi connectivity index (χ1n) is 16.6. The van der Waals surface area contributed by atoms with Gasteiger partial charge in [0.05, 0.1) is 36.6 Å². The van der Waals surface area contributed by atoms with Crippen molar-refractivity contribution in [3.8, 4) is 16.9 Å². The fraction of sp³-hybridized carbons (Fsp3) is 0.297. The van der Waals surface area contributed by atoms with E-state index in [0.717, 1.165) is 21.4 Å². The summed E-state index contributed by atoms with van der Waals surface area (Å²) in [6, 6.07) is 16.0. The molecule has 5 amide bonds. The van der Waals surface area contributed by atoms with E-state index in [1.807, 2.05) is 30.5 Å². The Hall–Kier alpha value is -5.54. The zero-order valence-corrected chi connectivity index (χ0v) is 28.8. The van der Waals surface area contributed by atoms with Crippen LogP contribution < -0.4 is 21.1 Å². The van der Waals surface area contributed by atoms with Crippen molar-refractivity contribution >= 4 is 63.3 Å². The number of piperidine rings is 1. The van der Waals surface area contributed by atoms with Crippen molar-refractivity contribution < 1.29 is 42.2 Å². The Labute approximate surface area is 302 Å². The molecule has 0 radical (unpaired) electrons. The van der Waals surface area contributed by atoms with Gasteiger partial charge in [-0.3, -0.25) is 43.0 Å². The molecule has 2 atom stereocenters. The molecule has 3 aromatic carbocycles. The number of imide groups is 2. The van der Waals surface area contributed by atoms with Crippen LogP contribution in [0.15, 0.2) is 66.9 Å². The zero-order chi connectivity index (χ0) is 37.1. The monoisotopic (exact) mass is 731 g/mol. The second-order valence-electron chi connectivity index (χ2n) is 12.5. The molecule has 3 heterocycles. The summed E-state index contributed by atoms with van der Waals surface area (Å²) >= 11 is 5.14. The Balaban J connectivity index is 1.10. The topological polar surface area (TPSA) is 162 Å². The van der Waals surface area contributed by atoms with E-state index in [1.54, 1.807) is 35.8 Å². The summed E-state index contributed by atoms with van der Waals surface area (Å²) in [4.78, 5) is 64.5. The minimum absolute atomic E-state index is 0.00113. The van der Waals surface area contributed by atoms with Crippen LogP contribution in [0.1, 0.15) is 46.0 Å². The molecule has 12 nitrogen and oxygen atoms in total. The number of thiocarbonyl (C=S) groups is 1. The molecular weight excluding hydrogens is 696 g/mol. The normalized spacial score (nSPS) is 16.3. The molecule has 0 bridgehead atoms. The van der Waals surface area contributed by atoms with Gasteiger partial charge in [0.15, 0.2) is 0 Å². The van der Waals surface area contributed by atoms with E-state index in [1.165, 1.54) is 12.1 Å². The molecule has 0 aliphatic carbocycles. The zero-order valence-electron chi connectivity index (χ0n) is 28.0. The first-order valence-corrected chi connectivity index (χ1v) is 17.0. The molecular formula is C37H35F2N5O7S. The Morgan fingerprint density at radius 3 is 2.52 bits per heavy atom. The highest BCUT2D eigenvalue weighted by atomic mass is 32.1. The quantitative estimate of drug-likeness (QED) is 0.0975. The lowest BCUT2D eigenvalue weighted by Gasteiger charge is -2.27. The molecule has 2 aliphatic heterocycles. The largest absolute Gasteiger partial charge is 0.490 e. The van der Waals surface area contributed by atoms with E-state index in [0.29, 0.717) is 16.8 Å². The molecule has 1 aromatic heterocycles. The number of aromatic nitrogens is 1. The number of nitrogens with one attached hydrogen (secondary N) is 2. The van der Waals surface area contributed by atoms with E-state index < -0.39 is 60.9 Å². The Morgan fingerprint density at radius 2 is 1.79 bits per heavy atom. The molecule has 1 saturated heterocycles. The lowest BCUT2D eigenvalue weighted by molar-refractivity contribution is -0.136. The fourth-order valence-corrected chi connectivity index (χ4v) is 6.44. The van der Waals surface area contributed by atoms with E-state index in [9.17, 15) is 32.8 Å². The van der Waals surface area contributed by atoms with Crippen LogP contribution in [0, 0.1) is 5.92 Å². The Kier molecular flexibility index (Phi) is 10.7. The number of nitrogens with zero attached hydrogens (tertiary/aromatic N) is 2. The van der Waals surface area contributed by atoms with Crippen LogP contribution in [-0.4, -0.2) is 82.7 Å². The molecule has 0 saturated carbocycles. The number of halogens is 2. The molecule has 270 valence electrons. The van der Waals surface area contributed by atoms with Crippen molar-refractivity contribution in [1.82, 2.24) is 14.8 Å². The van der Waals surface area contributed by atoms with E-state index >= 15 is 0 Å². The molecule has 15 heteroatoms. The third-order valence-electron chi connectivity index (χ3n) is 9.01. The van der Waals surface area contributed by atoms with E-state index in [4.69, 9.17) is 27.4 Å². The summed E-state index contributed by atoms with van der Waals surface area (Å²) < 4.78 is 40.4. The fourth-order valence-electron chi connectivity index (χ4n) is 6.31. The molecule has 4 aromatic rings. The molecule has 1 fully saturated rings. The number of fused-ring (bicyclic) bond motifs is 2. The summed E-state index contributed by atoms with van der Waals surface area (Å²) in [5.74, 6) is -3.74. The van der Waals surface area contributed by atoms with Crippen molar-refractivity contribution in [3.05, 3.63) is 83.6 Å². The van der Waals surface area contributed by atoms with Crippen LogP contribution in [0.3, 0.4) is 0 Å². The van der Waals surface area contributed by atoms with Crippen molar-refractivity contribution in [2.24, 2.45) is 11.7 Å². The van der Waals surface area contributed by atoms with Gasteiger partial charge in [0.25, 0.3) is 17.7 Å². The van der Waals surface area contributed by atoms with Crippen LogP contribution in [-0.2, 0) is 25.7 Å². The second kappa shape index (κ2) is 15.4. The van der Waals surface area contributed by atoms with Crippen LogP contribution in [0.2, 0.25) is 0 Å². The van der Waals surface area contributed by atoms with Gasteiger partial charge in [0.2, 0.25) is 11.8 Å². The van der Waals surface area contributed by atoms with Gasteiger partial charge >= 0.3 is 0 Å². The lowest BCUT2D eigenvalue weighted by atomic mass is 10.0. The number of carbonyl (C=O) groups excluding carboxylic acids is 5. The average molecular weight is 732 g/mol. The highest BCUT2D eigenvalue weighted by Gasteiger charge is 2.46. The number of hydrogen-bond acceptors (Lipinski definition) is 8. The van der Waals surface area contributed by atoms with Gasteiger partial charge in [-0.2, -0.15) is 0 Å². The maximum Gasteiger partial charge on any atom is 0.266 e. The van der Waals surface area contributed by atoms with Crippen molar-refractivity contribution in [2.75, 3.05) is 31.9 Å². The van der Waals surface area contributed by atoms with E-state index in [-0.39, 0.29) is 54.5 Å². The summed E-state index contributed by atoms with van der Waals surface area (Å²) in [6.45, 7) is -0.164. The molecule has 52 heavy (non-hydrogen) atoms. The number of anilines is 1.